The molecule has 5 heteroatoms. The molecule has 0 aromatic heterocycles. The molecule has 0 saturated carbocycles. The van der Waals surface area contributed by atoms with Crippen LogP contribution >= 0.6 is 12.2 Å². The molecule has 0 unspecified atom stereocenters. The first kappa shape index (κ1) is 14.1. The SMILES string of the molecule is COc1ccc(NC(=S)Nc2ccc(OC)cc2)cc1. The summed E-state index contributed by atoms with van der Waals surface area (Å²) >= 11 is 5.26. The van der Waals surface area contributed by atoms with Gasteiger partial charge in [0.15, 0.2) is 5.11 Å². The van der Waals surface area contributed by atoms with E-state index in [1.54, 1.807) is 14.2 Å². The van der Waals surface area contributed by atoms with E-state index in [0.717, 1.165) is 22.9 Å². The summed E-state index contributed by atoms with van der Waals surface area (Å²) in [7, 11) is 3.27. The second kappa shape index (κ2) is 6.77. The van der Waals surface area contributed by atoms with Crippen molar-refractivity contribution in [2.45, 2.75) is 0 Å². The lowest BCUT2D eigenvalue weighted by Gasteiger charge is -2.11. The average Bonchev–Trinajstić information content (AvgIpc) is 2.49. The molecule has 0 aliphatic carbocycles. The van der Waals surface area contributed by atoms with Gasteiger partial charge in [-0.25, -0.2) is 0 Å². The first-order chi connectivity index (χ1) is 9.71. The predicted molar refractivity (Wildman–Crippen MR) is 85.8 cm³/mol. The highest BCUT2D eigenvalue weighted by molar-refractivity contribution is 7.80. The fourth-order valence-electron chi connectivity index (χ4n) is 1.64. The van der Waals surface area contributed by atoms with E-state index in [9.17, 15) is 0 Å². The predicted octanol–water partition coefficient (Wildman–Crippen LogP) is 3.51. The molecular formula is C15H16N2O2S. The number of methoxy groups -OCH3 is 2. The number of nitrogens with one attached hydrogen (secondary N) is 2. The number of thiocarbonyl (C=S) groups is 1. The van der Waals surface area contributed by atoms with Gasteiger partial charge in [0, 0.05) is 11.4 Å². The molecule has 4 nitrogen and oxygen atoms in total. The van der Waals surface area contributed by atoms with Crippen molar-refractivity contribution in [1.82, 2.24) is 0 Å². The van der Waals surface area contributed by atoms with Gasteiger partial charge in [0.2, 0.25) is 0 Å². The number of benzene rings is 2. The maximum Gasteiger partial charge on any atom is 0.175 e. The van der Waals surface area contributed by atoms with Crippen molar-refractivity contribution in [1.29, 1.82) is 0 Å². The van der Waals surface area contributed by atoms with Gasteiger partial charge >= 0.3 is 0 Å². The molecular weight excluding hydrogens is 272 g/mol. The third-order valence-corrected chi connectivity index (χ3v) is 2.90. The zero-order chi connectivity index (χ0) is 14.4. The van der Waals surface area contributed by atoms with Crippen LogP contribution in [-0.2, 0) is 0 Å². The van der Waals surface area contributed by atoms with Crippen LogP contribution in [0.3, 0.4) is 0 Å². The fraction of sp³-hybridized carbons (Fsp3) is 0.133. The molecule has 0 fully saturated rings. The van der Waals surface area contributed by atoms with Crippen molar-refractivity contribution < 1.29 is 9.47 Å². The van der Waals surface area contributed by atoms with Crippen molar-refractivity contribution in [2.75, 3.05) is 24.9 Å². The maximum atomic E-state index is 5.26. The largest absolute Gasteiger partial charge is 0.497 e. The van der Waals surface area contributed by atoms with Gasteiger partial charge in [0.25, 0.3) is 0 Å². The molecule has 0 saturated heterocycles. The van der Waals surface area contributed by atoms with Gasteiger partial charge in [0.05, 0.1) is 14.2 Å². The van der Waals surface area contributed by atoms with Crippen LogP contribution in [0.15, 0.2) is 48.5 Å². The van der Waals surface area contributed by atoms with E-state index in [-0.39, 0.29) is 0 Å². The van der Waals surface area contributed by atoms with Gasteiger partial charge in [0.1, 0.15) is 11.5 Å². The van der Waals surface area contributed by atoms with Crippen molar-refractivity contribution in [3.05, 3.63) is 48.5 Å². The molecule has 0 atom stereocenters. The van der Waals surface area contributed by atoms with Gasteiger partial charge in [-0.2, -0.15) is 0 Å². The zero-order valence-electron chi connectivity index (χ0n) is 11.3. The number of hydrogen-bond acceptors (Lipinski definition) is 3. The van der Waals surface area contributed by atoms with Gasteiger partial charge in [-0.1, -0.05) is 0 Å². The Morgan fingerprint density at radius 3 is 1.40 bits per heavy atom. The minimum Gasteiger partial charge on any atom is -0.497 e. The molecule has 0 amide bonds. The summed E-state index contributed by atoms with van der Waals surface area (Å²) in [5.41, 5.74) is 1.80. The number of rotatable bonds is 4. The van der Waals surface area contributed by atoms with Crippen LogP contribution in [0.5, 0.6) is 11.5 Å². The molecule has 0 aliphatic heterocycles. The summed E-state index contributed by atoms with van der Waals surface area (Å²) in [4.78, 5) is 0. The van der Waals surface area contributed by atoms with E-state index >= 15 is 0 Å². The third kappa shape index (κ3) is 3.86. The van der Waals surface area contributed by atoms with E-state index < -0.39 is 0 Å². The number of hydrogen-bond donors (Lipinski definition) is 2. The molecule has 0 radical (unpaired) electrons. The highest BCUT2D eigenvalue weighted by Gasteiger charge is 2.00. The van der Waals surface area contributed by atoms with Crippen LogP contribution < -0.4 is 20.1 Å². The summed E-state index contributed by atoms with van der Waals surface area (Å²) < 4.78 is 10.2. The van der Waals surface area contributed by atoms with Crippen molar-refractivity contribution in [3.63, 3.8) is 0 Å². The first-order valence-electron chi connectivity index (χ1n) is 6.07. The Balaban J connectivity index is 1.93. The van der Waals surface area contributed by atoms with Crippen LogP contribution in [-0.4, -0.2) is 19.3 Å². The van der Waals surface area contributed by atoms with E-state index in [1.807, 2.05) is 48.5 Å². The van der Waals surface area contributed by atoms with Gasteiger partial charge in [-0.15, -0.1) is 0 Å². The van der Waals surface area contributed by atoms with E-state index in [0.29, 0.717) is 5.11 Å². The Morgan fingerprint density at radius 2 is 1.10 bits per heavy atom. The van der Waals surface area contributed by atoms with E-state index in [4.69, 9.17) is 21.7 Å². The molecule has 2 aromatic rings. The van der Waals surface area contributed by atoms with Gasteiger partial charge < -0.3 is 20.1 Å². The van der Waals surface area contributed by atoms with E-state index in [2.05, 4.69) is 10.6 Å². The first-order valence-corrected chi connectivity index (χ1v) is 6.48. The molecule has 0 heterocycles. The number of anilines is 2. The molecule has 2 aromatic carbocycles. The quantitative estimate of drug-likeness (QED) is 0.843. The Kier molecular flexibility index (Phi) is 4.79. The van der Waals surface area contributed by atoms with Gasteiger partial charge in [-0.05, 0) is 60.7 Å². The average molecular weight is 288 g/mol. The van der Waals surface area contributed by atoms with Crippen LogP contribution in [0.2, 0.25) is 0 Å². The second-order valence-electron chi connectivity index (χ2n) is 4.04. The monoisotopic (exact) mass is 288 g/mol. The van der Waals surface area contributed by atoms with Crippen LogP contribution in [0.4, 0.5) is 11.4 Å². The Hall–Kier alpha value is -2.27. The van der Waals surface area contributed by atoms with Crippen LogP contribution in [0.1, 0.15) is 0 Å². The van der Waals surface area contributed by atoms with Crippen LogP contribution in [0.25, 0.3) is 0 Å². The molecule has 0 aliphatic rings. The summed E-state index contributed by atoms with van der Waals surface area (Å²) in [6, 6.07) is 15.1. The van der Waals surface area contributed by atoms with Crippen molar-refractivity contribution in [2.24, 2.45) is 0 Å². The van der Waals surface area contributed by atoms with E-state index in [1.165, 1.54) is 0 Å². The Bertz CT molecular complexity index is 516. The molecule has 0 bridgehead atoms. The summed E-state index contributed by atoms with van der Waals surface area (Å²) in [6.45, 7) is 0. The van der Waals surface area contributed by atoms with Crippen molar-refractivity contribution >= 4 is 28.7 Å². The van der Waals surface area contributed by atoms with Crippen molar-refractivity contribution in [3.8, 4) is 11.5 Å². The summed E-state index contributed by atoms with van der Waals surface area (Å²) in [6.07, 6.45) is 0. The second-order valence-corrected chi connectivity index (χ2v) is 4.44. The minimum absolute atomic E-state index is 0.528. The highest BCUT2D eigenvalue weighted by Crippen LogP contribution is 2.17. The fourth-order valence-corrected chi connectivity index (χ4v) is 1.88. The third-order valence-electron chi connectivity index (χ3n) is 2.70. The normalized spacial score (nSPS) is 9.70. The highest BCUT2D eigenvalue weighted by atomic mass is 32.1. The number of ether oxygens (including phenoxy) is 2. The van der Waals surface area contributed by atoms with Gasteiger partial charge in [-0.3, -0.25) is 0 Å². The lowest BCUT2D eigenvalue weighted by Crippen LogP contribution is -2.18. The summed E-state index contributed by atoms with van der Waals surface area (Å²) in [5.74, 6) is 1.62. The smallest absolute Gasteiger partial charge is 0.175 e. The molecule has 2 rings (SSSR count). The standard InChI is InChI=1S/C15H16N2O2S/c1-18-13-7-3-11(4-8-13)16-15(20)17-12-5-9-14(19-2)10-6-12/h3-10H,1-2H3,(H2,16,17,20). The molecule has 104 valence electrons. The molecule has 2 N–H and O–H groups in total. The minimum atomic E-state index is 0.528. The lowest BCUT2D eigenvalue weighted by molar-refractivity contribution is 0.415. The zero-order valence-corrected chi connectivity index (χ0v) is 12.2. The maximum absolute atomic E-state index is 5.26. The molecule has 20 heavy (non-hydrogen) atoms. The van der Waals surface area contributed by atoms with Crippen LogP contribution in [0, 0.1) is 0 Å². The lowest BCUT2D eigenvalue weighted by atomic mass is 10.3. The summed E-state index contributed by atoms with van der Waals surface area (Å²) in [5, 5.41) is 6.74. The Morgan fingerprint density at radius 1 is 0.750 bits per heavy atom. The molecule has 0 spiro atoms. The topological polar surface area (TPSA) is 42.5 Å². The Labute approximate surface area is 123 Å².